The molecule has 170 valence electrons. The van der Waals surface area contributed by atoms with Gasteiger partial charge in [0.1, 0.15) is 11.6 Å². The van der Waals surface area contributed by atoms with Crippen LogP contribution in [0, 0.1) is 11.3 Å². The Morgan fingerprint density at radius 3 is 2.21 bits per heavy atom. The summed E-state index contributed by atoms with van der Waals surface area (Å²) in [5, 5.41) is 10.8. The monoisotopic (exact) mass is 465 g/mol. The van der Waals surface area contributed by atoms with Gasteiger partial charge in [0.25, 0.3) is 5.56 Å². The standard InChI is InChI=1S/C22H13F6N3O2/c23-21(24,25)17-10-18(14-7-4-8-15(9-14)30-20(33)22(26,27)28)31(19(32)16(17)11-29)12-13-5-2-1-3-6-13/h1-10H,12H2,(H,30,33). The first-order chi connectivity index (χ1) is 15.4. The molecule has 11 heteroatoms. The number of carbonyl (C=O) groups is 1. The minimum Gasteiger partial charge on any atom is -0.318 e. The van der Waals surface area contributed by atoms with Crippen LogP contribution in [0.25, 0.3) is 11.3 Å². The number of alkyl halides is 6. The second-order valence-electron chi connectivity index (χ2n) is 6.84. The third kappa shape index (κ3) is 5.23. The molecule has 0 spiro atoms. The maximum Gasteiger partial charge on any atom is 0.471 e. The third-order valence-electron chi connectivity index (χ3n) is 4.57. The molecule has 0 aliphatic carbocycles. The van der Waals surface area contributed by atoms with Crippen LogP contribution in [0.15, 0.2) is 65.5 Å². The number of aromatic nitrogens is 1. The molecule has 0 unspecified atom stereocenters. The van der Waals surface area contributed by atoms with Gasteiger partial charge in [0.2, 0.25) is 0 Å². The molecule has 0 bridgehead atoms. The largest absolute Gasteiger partial charge is 0.471 e. The summed E-state index contributed by atoms with van der Waals surface area (Å²) < 4.78 is 79.4. The Morgan fingerprint density at radius 2 is 1.64 bits per heavy atom. The normalized spacial score (nSPS) is 11.7. The number of pyridine rings is 1. The maximum absolute atomic E-state index is 13.6. The summed E-state index contributed by atoms with van der Waals surface area (Å²) in [5.74, 6) is -2.27. The van der Waals surface area contributed by atoms with Gasteiger partial charge >= 0.3 is 18.3 Å². The van der Waals surface area contributed by atoms with Crippen molar-refractivity contribution in [3.05, 3.63) is 87.7 Å². The highest BCUT2D eigenvalue weighted by molar-refractivity contribution is 5.95. The number of benzene rings is 2. The Balaban J connectivity index is 2.22. The van der Waals surface area contributed by atoms with Gasteiger partial charge in [-0.3, -0.25) is 9.59 Å². The number of anilines is 1. The molecule has 0 aliphatic rings. The van der Waals surface area contributed by atoms with E-state index in [9.17, 15) is 41.2 Å². The number of nitriles is 1. The third-order valence-corrected chi connectivity index (χ3v) is 4.57. The Morgan fingerprint density at radius 1 is 0.970 bits per heavy atom. The van der Waals surface area contributed by atoms with E-state index in [1.54, 1.807) is 35.6 Å². The molecule has 0 radical (unpaired) electrons. The van der Waals surface area contributed by atoms with Crippen molar-refractivity contribution in [3.8, 4) is 17.3 Å². The van der Waals surface area contributed by atoms with Crippen LogP contribution in [-0.2, 0) is 17.5 Å². The number of hydrogen-bond donors (Lipinski definition) is 1. The molecule has 3 rings (SSSR count). The number of hydrogen-bond acceptors (Lipinski definition) is 3. The summed E-state index contributed by atoms with van der Waals surface area (Å²) in [6.45, 7) is -0.207. The van der Waals surface area contributed by atoms with Gasteiger partial charge in [-0.05, 0) is 23.8 Å². The summed E-state index contributed by atoms with van der Waals surface area (Å²) in [6, 6.07) is 14.7. The molecule has 0 fully saturated rings. The average molecular weight is 465 g/mol. The highest BCUT2D eigenvalue weighted by atomic mass is 19.4. The highest BCUT2D eigenvalue weighted by Gasteiger charge is 2.39. The zero-order valence-electron chi connectivity index (χ0n) is 16.5. The van der Waals surface area contributed by atoms with Crippen LogP contribution in [0.2, 0.25) is 0 Å². The van der Waals surface area contributed by atoms with E-state index in [1.807, 2.05) is 0 Å². The fourth-order valence-corrected chi connectivity index (χ4v) is 3.10. The van der Waals surface area contributed by atoms with Gasteiger partial charge in [-0.1, -0.05) is 42.5 Å². The van der Waals surface area contributed by atoms with Gasteiger partial charge in [-0.25, -0.2) is 0 Å². The SMILES string of the molecule is N#Cc1c(C(F)(F)F)cc(-c2cccc(NC(=O)C(F)(F)F)c2)n(Cc2ccccc2)c1=O. The van der Waals surface area contributed by atoms with Crippen molar-refractivity contribution in [2.24, 2.45) is 0 Å². The molecule has 0 saturated heterocycles. The number of halogens is 6. The number of amides is 1. The van der Waals surface area contributed by atoms with E-state index in [-0.39, 0.29) is 23.5 Å². The van der Waals surface area contributed by atoms with Crippen LogP contribution in [-0.4, -0.2) is 16.7 Å². The molecule has 0 atom stereocenters. The minimum absolute atomic E-state index is 0.0713. The molecule has 1 heterocycles. The quantitative estimate of drug-likeness (QED) is 0.554. The van der Waals surface area contributed by atoms with Crippen molar-refractivity contribution in [1.82, 2.24) is 4.57 Å². The number of nitrogens with zero attached hydrogens (tertiary/aromatic N) is 2. The second kappa shape index (κ2) is 8.82. The number of rotatable bonds is 4. The molecule has 3 aromatic rings. The molecular formula is C22H13F6N3O2. The van der Waals surface area contributed by atoms with Gasteiger partial charge in [0, 0.05) is 11.3 Å². The van der Waals surface area contributed by atoms with Crippen LogP contribution in [0.1, 0.15) is 16.7 Å². The lowest BCUT2D eigenvalue weighted by Crippen LogP contribution is -2.30. The van der Waals surface area contributed by atoms with E-state index < -0.39 is 34.9 Å². The zero-order chi connectivity index (χ0) is 24.4. The first-order valence-electron chi connectivity index (χ1n) is 9.19. The summed E-state index contributed by atoms with van der Waals surface area (Å²) >= 11 is 0. The van der Waals surface area contributed by atoms with E-state index in [4.69, 9.17) is 0 Å². The van der Waals surface area contributed by atoms with Crippen LogP contribution < -0.4 is 10.9 Å². The Kier molecular flexibility index (Phi) is 6.30. The Bertz CT molecular complexity index is 1290. The van der Waals surface area contributed by atoms with Gasteiger partial charge in [-0.2, -0.15) is 31.6 Å². The molecular weight excluding hydrogens is 452 g/mol. The molecule has 5 nitrogen and oxygen atoms in total. The predicted molar refractivity (Wildman–Crippen MR) is 106 cm³/mol. The lowest BCUT2D eigenvalue weighted by molar-refractivity contribution is -0.167. The van der Waals surface area contributed by atoms with Crippen molar-refractivity contribution in [2.45, 2.75) is 18.9 Å². The van der Waals surface area contributed by atoms with Gasteiger partial charge in [-0.15, -0.1) is 0 Å². The van der Waals surface area contributed by atoms with E-state index in [0.717, 1.165) is 16.7 Å². The van der Waals surface area contributed by atoms with Crippen molar-refractivity contribution in [3.63, 3.8) is 0 Å². The molecule has 1 amide bonds. The summed E-state index contributed by atoms with van der Waals surface area (Å²) in [6.07, 6.45) is -10.2. The summed E-state index contributed by atoms with van der Waals surface area (Å²) in [5.41, 5.74) is -3.97. The van der Waals surface area contributed by atoms with E-state index in [2.05, 4.69) is 0 Å². The second-order valence-corrected chi connectivity index (χ2v) is 6.84. The number of nitrogens with one attached hydrogen (secondary N) is 1. The van der Waals surface area contributed by atoms with Crippen LogP contribution >= 0.6 is 0 Å². The molecule has 2 aromatic carbocycles. The molecule has 33 heavy (non-hydrogen) atoms. The molecule has 0 aliphatic heterocycles. The molecule has 1 aromatic heterocycles. The van der Waals surface area contributed by atoms with Gasteiger partial charge in [0.05, 0.1) is 17.8 Å². The minimum atomic E-state index is -5.18. The van der Waals surface area contributed by atoms with Crippen molar-refractivity contribution < 1.29 is 31.1 Å². The topological polar surface area (TPSA) is 74.9 Å². The zero-order valence-corrected chi connectivity index (χ0v) is 16.5. The first kappa shape index (κ1) is 23.6. The van der Waals surface area contributed by atoms with Crippen LogP contribution in [0.4, 0.5) is 32.0 Å². The van der Waals surface area contributed by atoms with Crippen molar-refractivity contribution in [2.75, 3.05) is 5.32 Å². The van der Waals surface area contributed by atoms with Gasteiger partial charge < -0.3 is 9.88 Å². The van der Waals surface area contributed by atoms with E-state index in [0.29, 0.717) is 11.6 Å². The van der Waals surface area contributed by atoms with Crippen LogP contribution in [0.5, 0.6) is 0 Å². The van der Waals surface area contributed by atoms with E-state index >= 15 is 0 Å². The fraction of sp³-hybridized carbons (Fsp3) is 0.136. The number of carbonyl (C=O) groups excluding carboxylic acids is 1. The highest BCUT2D eigenvalue weighted by Crippen LogP contribution is 2.34. The molecule has 0 saturated carbocycles. The lowest BCUT2D eigenvalue weighted by Gasteiger charge is -2.18. The molecule has 1 N–H and O–H groups in total. The fourth-order valence-electron chi connectivity index (χ4n) is 3.10. The first-order valence-corrected chi connectivity index (χ1v) is 9.19. The van der Waals surface area contributed by atoms with E-state index in [1.165, 1.54) is 18.2 Å². The smallest absolute Gasteiger partial charge is 0.318 e. The predicted octanol–water partition coefficient (Wildman–Crippen LogP) is 4.95. The Hall–Kier alpha value is -4.07. The van der Waals surface area contributed by atoms with Crippen molar-refractivity contribution in [1.29, 1.82) is 5.26 Å². The summed E-state index contributed by atoms with van der Waals surface area (Å²) in [7, 11) is 0. The van der Waals surface area contributed by atoms with Crippen molar-refractivity contribution >= 4 is 11.6 Å². The maximum atomic E-state index is 13.6. The van der Waals surface area contributed by atoms with Gasteiger partial charge in [0.15, 0.2) is 0 Å². The lowest BCUT2D eigenvalue weighted by atomic mass is 10.0. The van der Waals surface area contributed by atoms with Crippen LogP contribution in [0.3, 0.4) is 0 Å². The summed E-state index contributed by atoms with van der Waals surface area (Å²) in [4.78, 5) is 24.1. The average Bonchev–Trinajstić information content (AvgIpc) is 2.74. The Labute approximate surface area is 182 Å².